The summed E-state index contributed by atoms with van der Waals surface area (Å²) < 4.78 is 18.0. The Hall–Kier alpha value is -2.34. The van der Waals surface area contributed by atoms with Crippen LogP contribution in [0.4, 0.5) is 9.57 Å². The molecule has 0 aliphatic heterocycles. The highest BCUT2D eigenvalue weighted by Gasteiger charge is 2.28. The second kappa shape index (κ2) is 10.3. The molecule has 0 saturated heterocycles. The Labute approximate surface area is 204 Å². The van der Waals surface area contributed by atoms with Gasteiger partial charge in [0.2, 0.25) is 0 Å². The Kier molecular flexibility index (Phi) is 7.42. The van der Waals surface area contributed by atoms with Gasteiger partial charge in [-0.25, -0.2) is 13.9 Å². The normalized spacial score (nSPS) is 17.9. The standard InChI is InChI=1S/C21H23ClFN7OS2/c1-25-16-7-11(22)3-6-14(16)18(24)17-9-26-20-19(28-17)15(10-30(20)33-23)21(31)27-12-4-5-13(8-12)29-32-2/h3,6-7,9-10,12-13,24-25,29H,4-5,8H2,1-2H3,(H,27,31). The number of nitrogens with one attached hydrogen (secondary N) is 4. The maximum Gasteiger partial charge on any atom is 0.255 e. The van der Waals surface area contributed by atoms with E-state index in [1.807, 2.05) is 6.26 Å². The van der Waals surface area contributed by atoms with Crippen molar-refractivity contribution in [2.45, 2.75) is 31.3 Å². The highest BCUT2D eigenvalue weighted by Crippen LogP contribution is 2.27. The minimum Gasteiger partial charge on any atom is -0.388 e. The maximum absolute atomic E-state index is 13.5. The van der Waals surface area contributed by atoms with Gasteiger partial charge in [0, 0.05) is 41.6 Å². The molecule has 12 heteroatoms. The number of nitrogens with zero attached hydrogens (tertiary/aromatic N) is 3. The van der Waals surface area contributed by atoms with Crippen LogP contribution >= 0.6 is 35.9 Å². The first-order valence-corrected chi connectivity index (χ1v) is 12.6. The van der Waals surface area contributed by atoms with Crippen molar-refractivity contribution in [1.82, 2.24) is 24.0 Å². The summed E-state index contributed by atoms with van der Waals surface area (Å²) in [6, 6.07) is 5.50. The van der Waals surface area contributed by atoms with Crippen molar-refractivity contribution in [1.29, 1.82) is 5.41 Å². The Morgan fingerprint density at radius 3 is 2.82 bits per heavy atom. The van der Waals surface area contributed by atoms with Crippen LogP contribution in [0.1, 0.15) is 40.9 Å². The van der Waals surface area contributed by atoms with Gasteiger partial charge >= 0.3 is 0 Å². The van der Waals surface area contributed by atoms with Crippen molar-refractivity contribution >= 4 is 64.4 Å². The van der Waals surface area contributed by atoms with Crippen molar-refractivity contribution in [3.05, 3.63) is 52.4 Å². The molecule has 0 spiro atoms. The van der Waals surface area contributed by atoms with Gasteiger partial charge in [-0.3, -0.25) is 14.9 Å². The van der Waals surface area contributed by atoms with Crippen molar-refractivity contribution in [3.8, 4) is 0 Å². The molecule has 4 rings (SSSR count). The number of benzene rings is 1. The molecule has 2 unspecified atom stereocenters. The average molecular weight is 508 g/mol. The number of hydrogen-bond acceptors (Lipinski definition) is 8. The smallest absolute Gasteiger partial charge is 0.255 e. The predicted octanol–water partition coefficient (Wildman–Crippen LogP) is 4.44. The highest BCUT2D eigenvalue weighted by atomic mass is 35.5. The molecule has 4 N–H and O–H groups in total. The Morgan fingerprint density at radius 2 is 2.09 bits per heavy atom. The van der Waals surface area contributed by atoms with Gasteiger partial charge in [0.05, 0.1) is 17.5 Å². The summed E-state index contributed by atoms with van der Waals surface area (Å²) in [4.78, 5) is 21.9. The molecule has 2 atom stereocenters. The van der Waals surface area contributed by atoms with Gasteiger partial charge in [-0.05, 0) is 43.7 Å². The first-order chi connectivity index (χ1) is 15.9. The molecule has 1 amide bonds. The molecule has 0 radical (unpaired) electrons. The number of anilines is 1. The van der Waals surface area contributed by atoms with Crippen molar-refractivity contribution in [2.24, 2.45) is 0 Å². The van der Waals surface area contributed by atoms with Gasteiger partial charge < -0.3 is 10.6 Å². The van der Waals surface area contributed by atoms with Gasteiger partial charge in [0.25, 0.3) is 5.91 Å². The van der Waals surface area contributed by atoms with Gasteiger partial charge in [0.15, 0.2) is 18.0 Å². The number of halogens is 2. The van der Waals surface area contributed by atoms with E-state index in [-0.39, 0.29) is 52.4 Å². The van der Waals surface area contributed by atoms with E-state index in [1.54, 1.807) is 37.2 Å². The van der Waals surface area contributed by atoms with E-state index >= 15 is 0 Å². The number of fused-ring (bicyclic) bond motifs is 1. The second-order valence-corrected chi connectivity index (χ2v) is 9.29. The maximum atomic E-state index is 13.5. The fourth-order valence-corrected chi connectivity index (χ4v) is 5.10. The first kappa shape index (κ1) is 23.8. The van der Waals surface area contributed by atoms with E-state index in [0.717, 1.165) is 19.3 Å². The van der Waals surface area contributed by atoms with Crippen LogP contribution in [-0.2, 0) is 0 Å². The third-order valence-electron chi connectivity index (χ3n) is 5.61. The van der Waals surface area contributed by atoms with Crippen LogP contribution in [0, 0.1) is 5.41 Å². The van der Waals surface area contributed by atoms with Crippen LogP contribution in [0.2, 0.25) is 5.02 Å². The minimum atomic E-state index is -0.331. The van der Waals surface area contributed by atoms with E-state index in [4.69, 9.17) is 17.0 Å². The van der Waals surface area contributed by atoms with Crippen molar-refractivity contribution in [3.63, 3.8) is 0 Å². The Morgan fingerprint density at radius 1 is 1.30 bits per heavy atom. The van der Waals surface area contributed by atoms with Crippen LogP contribution in [-0.4, -0.2) is 50.9 Å². The van der Waals surface area contributed by atoms with Crippen LogP contribution in [0.25, 0.3) is 11.2 Å². The number of carbonyl (C=O) groups is 1. The molecular weight excluding hydrogens is 485 g/mol. The zero-order valence-corrected chi connectivity index (χ0v) is 20.4. The quantitative estimate of drug-likeness (QED) is 0.263. The summed E-state index contributed by atoms with van der Waals surface area (Å²) in [6.07, 6.45) is 7.45. The molecule has 2 heterocycles. The molecule has 1 saturated carbocycles. The number of hydrogen-bond donors (Lipinski definition) is 4. The van der Waals surface area contributed by atoms with E-state index in [2.05, 4.69) is 25.3 Å². The summed E-state index contributed by atoms with van der Waals surface area (Å²) >= 11 is 7.58. The number of rotatable bonds is 8. The fraction of sp³-hybridized carbons (Fsp3) is 0.333. The van der Waals surface area contributed by atoms with E-state index in [0.29, 0.717) is 22.3 Å². The summed E-state index contributed by atoms with van der Waals surface area (Å²) in [5.41, 5.74) is 2.32. The third kappa shape index (κ3) is 4.96. The molecule has 3 aromatic rings. The SMILES string of the molecule is CNc1cc(Cl)ccc1C(=N)c1cnc2c(n1)c(C(=O)NC1CCC(NSC)C1)cn2SF. The zero-order valence-electron chi connectivity index (χ0n) is 18.0. The number of aromatic nitrogens is 3. The van der Waals surface area contributed by atoms with Crippen molar-refractivity contribution in [2.75, 3.05) is 18.6 Å². The zero-order chi connectivity index (χ0) is 23.5. The van der Waals surface area contributed by atoms with E-state index in [1.165, 1.54) is 16.4 Å². The fourth-order valence-electron chi connectivity index (χ4n) is 4.03. The van der Waals surface area contributed by atoms with Crippen LogP contribution in [0.15, 0.2) is 30.6 Å². The Balaban J connectivity index is 1.65. The lowest BCUT2D eigenvalue weighted by Crippen LogP contribution is -2.34. The van der Waals surface area contributed by atoms with Crippen molar-refractivity contribution < 1.29 is 8.68 Å². The molecule has 33 heavy (non-hydrogen) atoms. The summed E-state index contributed by atoms with van der Waals surface area (Å²) in [7, 11) is 1.74. The van der Waals surface area contributed by atoms with Crippen LogP contribution in [0.5, 0.6) is 0 Å². The third-order valence-corrected chi connectivity index (χ3v) is 6.84. The number of amides is 1. The molecule has 174 valence electrons. The molecule has 1 aliphatic carbocycles. The molecule has 0 bridgehead atoms. The van der Waals surface area contributed by atoms with E-state index in [9.17, 15) is 8.68 Å². The molecule has 1 fully saturated rings. The topological polar surface area (TPSA) is 108 Å². The predicted molar refractivity (Wildman–Crippen MR) is 134 cm³/mol. The highest BCUT2D eigenvalue weighted by molar-refractivity contribution is 7.96. The molecular formula is C21H23ClFN7OS2. The van der Waals surface area contributed by atoms with Crippen LogP contribution in [0.3, 0.4) is 0 Å². The first-order valence-electron chi connectivity index (χ1n) is 10.3. The average Bonchev–Trinajstić information content (AvgIpc) is 3.42. The Bertz CT molecular complexity index is 1200. The van der Waals surface area contributed by atoms with Crippen LogP contribution < -0.4 is 15.4 Å². The summed E-state index contributed by atoms with van der Waals surface area (Å²) in [6.45, 7) is 0. The lowest BCUT2D eigenvalue weighted by atomic mass is 10.1. The monoisotopic (exact) mass is 507 g/mol. The summed E-state index contributed by atoms with van der Waals surface area (Å²) in [5.74, 6) is -0.331. The van der Waals surface area contributed by atoms with Gasteiger partial charge in [-0.2, -0.15) is 0 Å². The van der Waals surface area contributed by atoms with Gasteiger partial charge in [-0.1, -0.05) is 23.5 Å². The molecule has 1 aromatic carbocycles. The lowest BCUT2D eigenvalue weighted by molar-refractivity contribution is 0.0939. The van der Waals surface area contributed by atoms with Gasteiger partial charge in [-0.15, -0.1) is 3.89 Å². The lowest BCUT2D eigenvalue weighted by Gasteiger charge is -2.13. The largest absolute Gasteiger partial charge is 0.388 e. The van der Waals surface area contributed by atoms with Gasteiger partial charge in [0.1, 0.15) is 11.2 Å². The second-order valence-electron chi connectivity index (χ2n) is 7.68. The molecule has 1 aliphatic rings. The van der Waals surface area contributed by atoms with E-state index < -0.39 is 0 Å². The molecule has 8 nitrogen and oxygen atoms in total. The number of carbonyl (C=O) groups excluding carboxylic acids is 1. The minimum absolute atomic E-state index is 0.0280. The molecule has 2 aromatic heterocycles. The summed E-state index contributed by atoms with van der Waals surface area (Å²) in [5, 5.41) is 15.2.